The molecule has 0 fully saturated rings. The van der Waals surface area contributed by atoms with E-state index in [2.05, 4.69) is 6.92 Å². The Kier molecular flexibility index (Phi) is 6.06. The summed E-state index contributed by atoms with van der Waals surface area (Å²) in [6, 6.07) is 14.3. The minimum atomic E-state index is -2.64. The molecule has 0 radical (unpaired) electrons. The number of hydrogen-bond acceptors (Lipinski definition) is 1. The zero-order valence-electron chi connectivity index (χ0n) is 14.0. The summed E-state index contributed by atoms with van der Waals surface area (Å²) in [5, 5.41) is 0. The summed E-state index contributed by atoms with van der Waals surface area (Å²) >= 11 is 0. The number of nitrogens with zero attached hydrogens (tertiary/aromatic N) is 2. The van der Waals surface area contributed by atoms with Crippen molar-refractivity contribution >= 4 is 16.8 Å². The molecule has 0 aliphatic rings. The van der Waals surface area contributed by atoms with Gasteiger partial charge in [-0.3, -0.25) is 4.79 Å². The van der Waals surface area contributed by atoms with Crippen LogP contribution < -0.4 is 21.5 Å². The van der Waals surface area contributed by atoms with Crippen molar-refractivity contribution in [2.75, 3.05) is 0 Å². The Balaban J connectivity index is 0.00000225. The molecule has 0 saturated carbocycles. The topological polar surface area (TPSA) is 25.9 Å². The Hall–Kier alpha value is -2.08. The fourth-order valence-corrected chi connectivity index (χ4v) is 2.98. The first-order valence-corrected chi connectivity index (χ1v) is 7.92. The number of hydrogen-bond donors (Lipinski definition) is 0. The number of fused-ring (bicyclic) bond motifs is 1. The Morgan fingerprint density at radius 2 is 1.76 bits per heavy atom. The summed E-state index contributed by atoms with van der Waals surface area (Å²) < 4.78 is 29.4. The molecule has 3 aromatic rings. The highest BCUT2D eigenvalue weighted by molar-refractivity contribution is 5.95. The van der Waals surface area contributed by atoms with Crippen LogP contribution in [0.1, 0.15) is 35.2 Å². The molecule has 2 aromatic carbocycles. The number of halogens is 3. The first kappa shape index (κ1) is 19.2. The van der Waals surface area contributed by atoms with Crippen LogP contribution in [-0.4, -0.2) is 10.4 Å². The number of carbonyl (C=O) groups is 1. The number of aromatic nitrogens is 2. The van der Waals surface area contributed by atoms with E-state index in [4.69, 9.17) is 0 Å². The Morgan fingerprint density at radius 3 is 2.36 bits per heavy atom. The second-order valence-electron chi connectivity index (χ2n) is 5.74. The van der Waals surface area contributed by atoms with Gasteiger partial charge in [0.1, 0.15) is 0 Å². The Labute approximate surface area is 155 Å². The van der Waals surface area contributed by atoms with Gasteiger partial charge < -0.3 is 17.0 Å². The van der Waals surface area contributed by atoms with Crippen LogP contribution in [0.15, 0.2) is 48.5 Å². The highest BCUT2D eigenvalue weighted by atomic mass is 79.9. The Bertz CT molecular complexity index is 888. The average Bonchev–Trinajstić information content (AvgIpc) is 2.87. The number of alkyl halides is 2. The average molecular weight is 409 g/mol. The molecule has 0 saturated heterocycles. The quantitative estimate of drug-likeness (QED) is 0.458. The number of rotatable bonds is 5. The van der Waals surface area contributed by atoms with Crippen molar-refractivity contribution in [2.24, 2.45) is 0 Å². The lowest BCUT2D eigenvalue weighted by Gasteiger charge is -2.03. The van der Waals surface area contributed by atoms with Crippen molar-refractivity contribution in [2.45, 2.75) is 33.4 Å². The van der Waals surface area contributed by atoms with Gasteiger partial charge in [-0.2, -0.15) is 13.3 Å². The third-order valence-corrected chi connectivity index (χ3v) is 4.35. The van der Waals surface area contributed by atoms with Gasteiger partial charge in [0.25, 0.3) is 5.82 Å². The molecule has 3 rings (SSSR count). The normalized spacial score (nSPS) is 10.9. The number of aryl methyl sites for hydroxylation is 1. The zero-order chi connectivity index (χ0) is 17.3. The molecule has 0 unspecified atom stereocenters. The molecular formula is C19H19BrF2N2O. The molecule has 0 atom stereocenters. The van der Waals surface area contributed by atoms with Crippen molar-refractivity contribution in [1.29, 1.82) is 0 Å². The molecule has 6 heteroatoms. The summed E-state index contributed by atoms with van der Waals surface area (Å²) in [4.78, 5) is 12.6. The van der Waals surface area contributed by atoms with Gasteiger partial charge in [-0.15, -0.1) is 0 Å². The van der Waals surface area contributed by atoms with Gasteiger partial charge >= 0.3 is 6.55 Å². The van der Waals surface area contributed by atoms with E-state index in [1.165, 1.54) is 0 Å². The third-order valence-electron chi connectivity index (χ3n) is 4.35. The molecule has 0 aliphatic heterocycles. The number of carbonyl (C=O) groups excluding carboxylic acids is 1. The number of para-hydroxylation sites is 2. The lowest BCUT2D eigenvalue weighted by molar-refractivity contribution is -0.664. The second kappa shape index (κ2) is 7.87. The van der Waals surface area contributed by atoms with Crippen LogP contribution >= 0.6 is 0 Å². The molecular weight excluding hydrogens is 390 g/mol. The molecule has 1 aromatic heterocycles. The highest BCUT2D eigenvalue weighted by Gasteiger charge is 2.28. The van der Waals surface area contributed by atoms with E-state index in [0.717, 1.165) is 16.6 Å². The largest absolute Gasteiger partial charge is 1.00 e. The maximum Gasteiger partial charge on any atom is 0.387 e. The molecule has 0 N–H and O–H groups in total. The maximum atomic E-state index is 13.4. The van der Waals surface area contributed by atoms with Crippen LogP contribution in [-0.2, 0) is 13.0 Å². The van der Waals surface area contributed by atoms with Crippen molar-refractivity contribution in [3.05, 3.63) is 65.5 Å². The first-order chi connectivity index (χ1) is 11.5. The van der Waals surface area contributed by atoms with Crippen molar-refractivity contribution in [1.82, 2.24) is 4.57 Å². The van der Waals surface area contributed by atoms with Gasteiger partial charge in [0, 0.05) is 12.5 Å². The summed E-state index contributed by atoms with van der Waals surface area (Å²) in [5.41, 5.74) is 2.81. The van der Waals surface area contributed by atoms with Gasteiger partial charge in [0.05, 0.1) is 0 Å². The molecule has 0 spiro atoms. The van der Waals surface area contributed by atoms with Crippen LogP contribution in [0.25, 0.3) is 11.0 Å². The Morgan fingerprint density at radius 1 is 1.12 bits per heavy atom. The van der Waals surface area contributed by atoms with E-state index in [0.29, 0.717) is 22.4 Å². The van der Waals surface area contributed by atoms with Gasteiger partial charge in [-0.25, -0.2) is 4.57 Å². The van der Waals surface area contributed by atoms with E-state index in [9.17, 15) is 13.6 Å². The van der Waals surface area contributed by atoms with Gasteiger partial charge in [0.15, 0.2) is 17.6 Å². The monoisotopic (exact) mass is 408 g/mol. The first-order valence-electron chi connectivity index (χ1n) is 7.92. The van der Waals surface area contributed by atoms with Gasteiger partial charge in [-0.1, -0.05) is 43.3 Å². The van der Waals surface area contributed by atoms with Crippen LogP contribution in [0.4, 0.5) is 8.78 Å². The molecule has 25 heavy (non-hydrogen) atoms. The lowest BCUT2D eigenvalue weighted by Crippen LogP contribution is -3.00. The minimum absolute atomic E-state index is 0. The minimum Gasteiger partial charge on any atom is -1.00 e. The van der Waals surface area contributed by atoms with E-state index in [1.807, 2.05) is 12.1 Å². The van der Waals surface area contributed by atoms with E-state index < -0.39 is 6.55 Å². The molecule has 0 aliphatic carbocycles. The predicted octanol–water partition coefficient (Wildman–Crippen LogP) is 1.08. The molecule has 0 amide bonds. The van der Waals surface area contributed by atoms with Gasteiger partial charge in [-0.05, 0) is 24.1 Å². The number of imidazole rings is 1. The summed E-state index contributed by atoms with van der Waals surface area (Å²) in [6.45, 7) is 1.06. The van der Waals surface area contributed by atoms with Crippen LogP contribution in [0, 0.1) is 6.92 Å². The van der Waals surface area contributed by atoms with E-state index >= 15 is 0 Å². The summed E-state index contributed by atoms with van der Waals surface area (Å²) in [5.74, 6) is 0.271. The highest BCUT2D eigenvalue weighted by Crippen LogP contribution is 2.21. The molecule has 3 nitrogen and oxygen atoms in total. The fraction of sp³-hybridized carbons (Fsp3) is 0.263. The number of benzene rings is 2. The lowest BCUT2D eigenvalue weighted by atomic mass is 10.1. The summed E-state index contributed by atoms with van der Waals surface area (Å²) in [7, 11) is 0. The number of ketones is 1. The standard InChI is InChI=1S/C19H19F2N2O.BrH/c1-3-14-8-10-15(11-9-14)18(24)12-22-13(2)23(19(20)21)17-7-5-4-6-16(17)22;/h4-11,19H,3,12H2,1-2H3;1H/q+1;/p-1. The third kappa shape index (κ3) is 3.63. The van der Waals surface area contributed by atoms with Crippen molar-refractivity contribution < 1.29 is 35.1 Å². The van der Waals surface area contributed by atoms with Gasteiger partial charge in [0.2, 0.25) is 5.78 Å². The SMILES string of the molecule is CCc1ccc(C(=O)C[n+]2c(C)n(C(F)F)c3ccccc32)cc1.[Br-]. The van der Waals surface area contributed by atoms with Crippen molar-refractivity contribution in [3.63, 3.8) is 0 Å². The molecule has 0 bridgehead atoms. The summed E-state index contributed by atoms with van der Waals surface area (Å²) in [6.07, 6.45) is 0.907. The number of Topliss-reactive ketones (excluding diaryl/α,β-unsaturated/α-hetero) is 1. The fourth-order valence-electron chi connectivity index (χ4n) is 2.98. The van der Waals surface area contributed by atoms with Crippen LogP contribution in [0.3, 0.4) is 0 Å². The van der Waals surface area contributed by atoms with Crippen molar-refractivity contribution in [3.8, 4) is 0 Å². The smallest absolute Gasteiger partial charge is 0.387 e. The van der Waals surface area contributed by atoms with E-state index in [-0.39, 0.29) is 29.3 Å². The van der Waals surface area contributed by atoms with Crippen LogP contribution in [0.5, 0.6) is 0 Å². The predicted molar refractivity (Wildman–Crippen MR) is 88.3 cm³/mol. The van der Waals surface area contributed by atoms with Crippen LogP contribution in [0.2, 0.25) is 0 Å². The zero-order valence-corrected chi connectivity index (χ0v) is 15.6. The van der Waals surface area contributed by atoms with E-state index in [1.54, 1.807) is 47.9 Å². The maximum absolute atomic E-state index is 13.4. The second-order valence-corrected chi connectivity index (χ2v) is 5.74. The molecule has 132 valence electrons. The molecule has 1 heterocycles.